The van der Waals surface area contributed by atoms with Crippen LogP contribution in [-0.2, 0) is 10.0 Å². The van der Waals surface area contributed by atoms with E-state index in [0.29, 0.717) is 9.92 Å². The molecule has 0 radical (unpaired) electrons. The molecule has 1 aromatic heterocycles. The molecule has 58 valence electrons. The van der Waals surface area contributed by atoms with E-state index in [1.807, 2.05) is 0 Å². The van der Waals surface area contributed by atoms with Gasteiger partial charge in [0.2, 0.25) is 0 Å². The second-order valence-electron chi connectivity index (χ2n) is 2.27. The first-order chi connectivity index (χ1) is 5.11. The van der Waals surface area contributed by atoms with Gasteiger partial charge in [0, 0.05) is 5.56 Å². The molecule has 0 bridgehead atoms. The third-order valence-corrected chi connectivity index (χ3v) is 4.34. The van der Waals surface area contributed by atoms with Gasteiger partial charge >= 0.3 is 0 Å². The number of fused-ring (bicyclic) bond motifs is 1. The average molecular weight is 187 g/mol. The van der Waals surface area contributed by atoms with Crippen molar-refractivity contribution in [2.75, 3.05) is 0 Å². The highest BCUT2D eigenvalue weighted by atomic mass is 32.2. The lowest BCUT2D eigenvalue weighted by Gasteiger charge is -1.83. The van der Waals surface area contributed by atoms with Gasteiger partial charge in [-0.25, -0.2) is 0 Å². The second kappa shape index (κ2) is 1.92. The predicted molar refractivity (Wildman–Crippen MR) is 43.7 cm³/mol. The summed E-state index contributed by atoms with van der Waals surface area (Å²) < 4.78 is 26.2. The fraction of sp³-hybridized carbons (Fsp3) is 0.167. The molecule has 0 spiro atoms. The largest absolute Gasteiger partial charge is 0.292 e. The van der Waals surface area contributed by atoms with Crippen molar-refractivity contribution in [2.45, 2.75) is 11.1 Å². The third-order valence-electron chi connectivity index (χ3n) is 1.51. The van der Waals surface area contributed by atoms with Crippen molar-refractivity contribution in [3.05, 3.63) is 17.0 Å². The molecule has 0 saturated carbocycles. The Bertz CT molecular complexity index is 427. The van der Waals surface area contributed by atoms with Gasteiger partial charge in [-0.2, -0.15) is 12.8 Å². The number of hydrogen-bond donors (Lipinski definition) is 0. The van der Waals surface area contributed by atoms with Gasteiger partial charge in [-0.1, -0.05) is 0 Å². The molecule has 2 heterocycles. The number of sulfonamides is 1. The number of rotatable bonds is 0. The molecule has 2 rings (SSSR count). The molecule has 0 unspecified atom stereocenters. The fourth-order valence-electron chi connectivity index (χ4n) is 1.03. The van der Waals surface area contributed by atoms with Crippen molar-refractivity contribution in [2.24, 2.45) is 4.40 Å². The first-order valence-corrected chi connectivity index (χ1v) is 5.33. The summed E-state index contributed by atoms with van der Waals surface area (Å²) in [7, 11) is -3.30. The van der Waals surface area contributed by atoms with Gasteiger partial charge in [0.15, 0.2) is 4.21 Å². The van der Waals surface area contributed by atoms with E-state index >= 15 is 0 Å². The first kappa shape index (κ1) is 7.00. The maximum Gasteiger partial charge on any atom is 0.292 e. The lowest BCUT2D eigenvalue weighted by Crippen LogP contribution is -1.87. The van der Waals surface area contributed by atoms with Crippen LogP contribution in [0.1, 0.15) is 12.5 Å². The maximum absolute atomic E-state index is 11.1. The highest BCUT2D eigenvalue weighted by Crippen LogP contribution is 2.30. The van der Waals surface area contributed by atoms with Crippen LogP contribution >= 0.6 is 11.3 Å². The fourth-order valence-corrected chi connectivity index (χ4v) is 3.51. The molecular weight excluding hydrogens is 182 g/mol. The van der Waals surface area contributed by atoms with E-state index < -0.39 is 10.0 Å². The predicted octanol–water partition coefficient (Wildman–Crippen LogP) is 1.26. The zero-order chi connectivity index (χ0) is 8.06. The van der Waals surface area contributed by atoms with Crippen molar-refractivity contribution in [3.8, 4) is 0 Å². The van der Waals surface area contributed by atoms with Crippen molar-refractivity contribution in [3.63, 3.8) is 0 Å². The van der Waals surface area contributed by atoms with E-state index in [-0.39, 0.29) is 0 Å². The van der Waals surface area contributed by atoms with Gasteiger partial charge in [0.25, 0.3) is 10.0 Å². The summed E-state index contributed by atoms with van der Waals surface area (Å²) in [6, 6.07) is 1.78. The van der Waals surface area contributed by atoms with Crippen molar-refractivity contribution in [1.29, 1.82) is 0 Å². The summed E-state index contributed by atoms with van der Waals surface area (Å²) in [5, 5.41) is 1.76. The van der Waals surface area contributed by atoms with Gasteiger partial charge in [-0.15, -0.1) is 11.3 Å². The van der Waals surface area contributed by atoms with Crippen LogP contribution in [-0.4, -0.2) is 14.1 Å². The second-order valence-corrected chi connectivity index (χ2v) is 4.99. The van der Waals surface area contributed by atoms with Crippen LogP contribution in [0.3, 0.4) is 0 Å². The molecule has 5 heteroatoms. The Balaban J connectivity index is 2.87. The van der Waals surface area contributed by atoms with E-state index in [0.717, 1.165) is 5.56 Å². The summed E-state index contributed by atoms with van der Waals surface area (Å²) in [5.41, 5.74) is 1.36. The highest BCUT2D eigenvalue weighted by molar-refractivity contribution is 7.92. The van der Waals surface area contributed by atoms with Crippen LogP contribution in [0.25, 0.3) is 0 Å². The van der Waals surface area contributed by atoms with Crippen LogP contribution in [0, 0.1) is 0 Å². The summed E-state index contributed by atoms with van der Waals surface area (Å²) in [6.45, 7) is 1.70. The van der Waals surface area contributed by atoms with Crippen LogP contribution in [0.5, 0.6) is 0 Å². The summed E-state index contributed by atoms with van der Waals surface area (Å²) >= 11 is 1.22. The topological polar surface area (TPSA) is 46.5 Å². The van der Waals surface area contributed by atoms with Crippen molar-refractivity contribution < 1.29 is 8.42 Å². The lowest BCUT2D eigenvalue weighted by atomic mass is 10.2. The Kier molecular flexibility index (Phi) is 1.22. The van der Waals surface area contributed by atoms with Crippen LogP contribution in [0.2, 0.25) is 0 Å². The Morgan fingerprint density at radius 3 is 2.91 bits per heavy atom. The monoisotopic (exact) mass is 187 g/mol. The molecule has 11 heavy (non-hydrogen) atoms. The van der Waals surface area contributed by atoms with E-state index in [1.54, 1.807) is 18.4 Å². The Hall–Kier alpha value is -0.680. The minimum Gasteiger partial charge on any atom is -0.198 e. The van der Waals surface area contributed by atoms with Gasteiger partial charge in [0.05, 0.1) is 5.71 Å². The zero-order valence-electron chi connectivity index (χ0n) is 5.73. The summed E-state index contributed by atoms with van der Waals surface area (Å²) in [6.07, 6.45) is 0. The minimum atomic E-state index is -3.30. The van der Waals surface area contributed by atoms with Gasteiger partial charge in [0.1, 0.15) is 0 Å². The molecule has 1 aliphatic rings. The molecule has 0 atom stereocenters. The zero-order valence-corrected chi connectivity index (χ0v) is 7.37. The van der Waals surface area contributed by atoms with E-state index in [1.165, 1.54) is 11.3 Å². The Morgan fingerprint density at radius 1 is 1.55 bits per heavy atom. The van der Waals surface area contributed by atoms with E-state index in [4.69, 9.17) is 0 Å². The molecular formula is C6H5NO2S2. The number of thiophene rings is 1. The number of hydrogen-bond acceptors (Lipinski definition) is 3. The van der Waals surface area contributed by atoms with E-state index in [2.05, 4.69) is 4.40 Å². The Morgan fingerprint density at radius 2 is 2.27 bits per heavy atom. The summed E-state index contributed by atoms with van der Waals surface area (Å²) in [5.74, 6) is 0. The smallest absolute Gasteiger partial charge is 0.198 e. The first-order valence-electron chi connectivity index (χ1n) is 3.01. The van der Waals surface area contributed by atoms with Crippen LogP contribution in [0.4, 0.5) is 0 Å². The maximum atomic E-state index is 11.1. The Labute approximate surface area is 68.5 Å². The normalized spacial score (nSPS) is 19.5. The van der Waals surface area contributed by atoms with Crippen LogP contribution in [0.15, 0.2) is 20.1 Å². The van der Waals surface area contributed by atoms with Crippen molar-refractivity contribution >= 4 is 27.1 Å². The van der Waals surface area contributed by atoms with Crippen molar-refractivity contribution in [1.82, 2.24) is 0 Å². The highest BCUT2D eigenvalue weighted by Gasteiger charge is 2.27. The molecule has 0 N–H and O–H groups in total. The molecule has 3 nitrogen and oxygen atoms in total. The molecule has 0 amide bonds. The summed E-state index contributed by atoms with van der Waals surface area (Å²) in [4.78, 5) is 0. The quantitative estimate of drug-likeness (QED) is 0.613. The SMILES string of the molecule is CC1=NS(=O)(=O)c2sccc21. The molecule has 0 saturated heterocycles. The lowest BCUT2D eigenvalue weighted by molar-refractivity contribution is 0.601. The molecule has 0 fully saturated rings. The molecule has 0 aromatic carbocycles. The minimum absolute atomic E-state index is 0.384. The standard InChI is InChI=1S/C6H5NO2S2/c1-4-5-2-3-10-6(5)11(8,9)7-4/h2-3H,1H3. The van der Waals surface area contributed by atoms with Crippen LogP contribution < -0.4 is 0 Å². The average Bonchev–Trinajstić information content (AvgIpc) is 2.37. The third kappa shape index (κ3) is 0.844. The van der Waals surface area contributed by atoms with Gasteiger partial charge in [-0.05, 0) is 18.4 Å². The molecule has 0 aliphatic carbocycles. The van der Waals surface area contributed by atoms with Gasteiger partial charge < -0.3 is 0 Å². The number of nitrogens with zero attached hydrogens (tertiary/aromatic N) is 1. The molecule has 1 aromatic rings. The van der Waals surface area contributed by atoms with Gasteiger partial charge in [-0.3, -0.25) is 0 Å². The molecule has 1 aliphatic heterocycles. The van der Waals surface area contributed by atoms with E-state index in [9.17, 15) is 8.42 Å².